The minimum atomic E-state index is 0.285. The molecule has 2 aromatic rings. The van der Waals surface area contributed by atoms with Gasteiger partial charge in [0.05, 0.1) is 6.20 Å². The molecule has 0 aliphatic heterocycles. The lowest BCUT2D eigenvalue weighted by molar-refractivity contribution is 0.475. The number of rotatable bonds is 1. The largest absolute Gasteiger partial charge is 0.508 e. The first kappa shape index (κ1) is 7.86. The second kappa shape index (κ2) is 2.94. The highest BCUT2D eigenvalue weighted by Crippen LogP contribution is 2.20. The highest BCUT2D eigenvalue weighted by molar-refractivity contribution is 5.62. The topological polar surface area (TPSA) is 38.0 Å². The first-order chi connectivity index (χ1) is 6.25. The number of benzene rings is 1. The maximum Gasteiger partial charge on any atom is 0.115 e. The van der Waals surface area contributed by atoms with Gasteiger partial charge < -0.3 is 5.11 Å². The fourth-order valence-electron chi connectivity index (χ4n) is 1.22. The van der Waals surface area contributed by atoms with E-state index in [1.807, 2.05) is 25.4 Å². The van der Waals surface area contributed by atoms with Crippen LogP contribution in [0.2, 0.25) is 0 Å². The molecule has 0 saturated heterocycles. The Labute approximate surface area is 76.3 Å². The molecule has 66 valence electrons. The Morgan fingerprint density at radius 1 is 1.15 bits per heavy atom. The summed E-state index contributed by atoms with van der Waals surface area (Å²) in [6.07, 6.45) is 3.73. The second-order valence-electron chi connectivity index (χ2n) is 2.95. The standard InChI is InChI=1S/C10H10N2O/c1-12-7-9(6-11-12)8-2-4-10(13)5-3-8/h2-7,13H,1H3. The fraction of sp³-hybridized carbons (Fsp3) is 0.100. The number of hydrogen-bond acceptors (Lipinski definition) is 2. The minimum Gasteiger partial charge on any atom is -0.508 e. The zero-order chi connectivity index (χ0) is 9.26. The number of phenolic OH excluding ortho intramolecular Hbond substituents is 1. The molecular formula is C10H10N2O. The van der Waals surface area contributed by atoms with Crippen molar-refractivity contribution < 1.29 is 5.11 Å². The highest BCUT2D eigenvalue weighted by Gasteiger charge is 1.98. The molecule has 0 atom stereocenters. The third kappa shape index (κ3) is 1.54. The SMILES string of the molecule is Cn1cc(-c2ccc(O)cc2)cn1. The van der Waals surface area contributed by atoms with Crippen molar-refractivity contribution in [1.82, 2.24) is 9.78 Å². The van der Waals surface area contributed by atoms with E-state index in [2.05, 4.69) is 5.10 Å². The maximum absolute atomic E-state index is 9.09. The third-order valence-corrected chi connectivity index (χ3v) is 1.91. The van der Waals surface area contributed by atoms with Gasteiger partial charge in [0.25, 0.3) is 0 Å². The molecule has 1 aromatic carbocycles. The molecule has 0 aliphatic rings. The number of hydrogen-bond donors (Lipinski definition) is 1. The summed E-state index contributed by atoms with van der Waals surface area (Å²) in [6.45, 7) is 0. The van der Waals surface area contributed by atoms with Crippen molar-refractivity contribution in [3.63, 3.8) is 0 Å². The number of aryl methyl sites for hydroxylation is 1. The van der Waals surface area contributed by atoms with E-state index in [-0.39, 0.29) is 5.75 Å². The van der Waals surface area contributed by atoms with Crippen molar-refractivity contribution in [3.8, 4) is 16.9 Å². The lowest BCUT2D eigenvalue weighted by Crippen LogP contribution is -1.84. The molecule has 0 saturated carbocycles. The van der Waals surface area contributed by atoms with Crippen molar-refractivity contribution in [2.45, 2.75) is 0 Å². The monoisotopic (exact) mass is 174 g/mol. The van der Waals surface area contributed by atoms with Crippen LogP contribution >= 0.6 is 0 Å². The molecule has 0 spiro atoms. The Morgan fingerprint density at radius 3 is 2.38 bits per heavy atom. The van der Waals surface area contributed by atoms with Gasteiger partial charge in [-0.05, 0) is 17.7 Å². The summed E-state index contributed by atoms with van der Waals surface area (Å²) in [5, 5.41) is 13.2. The van der Waals surface area contributed by atoms with Crippen LogP contribution in [0, 0.1) is 0 Å². The van der Waals surface area contributed by atoms with Gasteiger partial charge in [0.1, 0.15) is 5.75 Å². The van der Waals surface area contributed by atoms with Crippen molar-refractivity contribution in [1.29, 1.82) is 0 Å². The summed E-state index contributed by atoms with van der Waals surface area (Å²) < 4.78 is 1.75. The van der Waals surface area contributed by atoms with Crippen LogP contribution in [0.5, 0.6) is 5.75 Å². The molecule has 1 N–H and O–H groups in total. The molecule has 1 heterocycles. The minimum absolute atomic E-state index is 0.285. The van der Waals surface area contributed by atoms with Gasteiger partial charge in [0, 0.05) is 18.8 Å². The van der Waals surface area contributed by atoms with Crippen LogP contribution in [0.3, 0.4) is 0 Å². The van der Waals surface area contributed by atoms with Gasteiger partial charge in [0.2, 0.25) is 0 Å². The van der Waals surface area contributed by atoms with E-state index in [0.29, 0.717) is 0 Å². The van der Waals surface area contributed by atoms with Crippen molar-refractivity contribution in [3.05, 3.63) is 36.7 Å². The van der Waals surface area contributed by atoms with E-state index >= 15 is 0 Å². The van der Waals surface area contributed by atoms with Gasteiger partial charge in [-0.2, -0.15) is 5.10 Å². The van der Waals surface area contributed by atoms with Crippen LogP contribution in [-0.4, -0.2) is 14.9 Å². The van der Waals surface area contributed by atoms with Crippen LogP contribution in [-0.2, 0) is 7.05 Å². The van der Waals surface area contributed by atoms with E-state index in [1.54, 1.807) is 23.0 Å². The van der Waals surface area contributed by atoms with Crippen LogP contribution < -0.4 is 0 Å². The van der Waals surface area contributed by atoms with Gasteiger partial charge in [-0.3, -0.25) is 4.68 Å². The predicted octanol–water partition coefficient (Wildman–Crippen LogP) is 1.79. The van der Waals surface area contributed by atoms with E-state index in [1.165, 1.54) is 0 Å². The Bertz CT molecular complexity index is 403. The van der Waals surface area contributed by atoms with Gasteiger partial charge in [-0.15, -0.1) is 0 Å². The van der Waals surface area contributed by atoms with E-state index in [0.717, 1.165) is 11.1 Å². The van der Waals surface area contributed by atoms with Gasteiger partial charge in [-0.1, -0.05) is 12.1 Å². The Hall–Kier alpha value is -1.77. The normalized spacial score (nSPS) is 10.2. The summed E-state index contributed by atoms with van der Waals surface area (Å²) in [5.74, 6) is 0.285. The fourth-order valence-corrected chi connectivity index (χ4v) is 1.22. The number of nitrogens with zero attached hydrogens (tertiary/aromatic N) is 2. The van der Waals surface area contributed by atoms with E-state index in [9.17, 15) is 0 Å². The summed E-state index contributed by atoms with van der Waals surface area (Å²) in [5.41, 5.74) is 2.12. The molecule has 1 aromatic heterocycles. The first-order valence-corrected chi connectivity index (χ1v) is 4.04. The zero-order valence-corrected chi connectivity index (χ0v) is 7.31. The van der Waals surface area contributed by atoms with E-state index < -0.39 is 0 Å². The molecule has 0 amide bonds. The molecule has 0 bridgehead atoms. The number of phenols is 1. The van der Waals surface area contributed by atoms with Crippen molar-refractivity contribution >= 4 is 0 Å². The summed E-state index contributed by atoms with van der Waals surface area (Å²) in [6, 6.07) is 7.07. The lowest BCUT2D eigenvalue weighted by Gasteiger charge is -1.96. The number of aromatic hydroxyl groups is 1. The average Bonchev–Trinajstić information content (AvgIpc) is 2.53. The molecule has 13 heavy (non-hydrogen) atoms. The summed E-state index contributed by atoms with van der Waals surface area (Å²) in [7, 11) is 1.88. The maximum atomic E-state index is 9.09. The van der Waals surface area contributed by atoms with Crippen LogP contribution in [0.1, 0.15) is 0 Å². The Morgan fingerprint density at radius 2 is 1.85 bits per heavy atom. The molecule has 3 heteroatoms. The predicted molar refractivity (Wildman–Crippen MR) is 50.3 cm³/mol. The number of aromatic nitrogens is 2. The van der Waals surface area contributed by atoms with Crippen LogP contribution in [0.4, 0.5) is 0 Å². The molecule has 0 fully saturated rings. The molecule has 0 aliphatic carbocycles. The molecule has 2 rings (SSSR count). The summed E-state index contributed by atoms with van der Waals surface area (Å²) >= 11 is 0. The summed E-state index contributed by atoms with van der Waals surface area (Å²) in [4.78, 5) is 0. The lowest BCUT2D eigenvalue weighted by atomic mass is 10.1. The van der Waals surface area contributed by atoms with Crippen LogP contribution in [0.25, 0.3) is 11.1 Å². The smallest absolute Gasteiger partial charge is 0.115 e. The molecule has 0 unspecified atom stereocenters. The van der Waals surface area contributed by atoms with E-state index in [4.69, 9.17) is 5.11 Å². The molecule has 0 radical (unpaired) electrons. The van der Waals surface area contributed by atoms with Crippen LogP contribution in [0.15, 0.2) is 36.7 Å². The quantitative estimate of drug-likeness (QED) is 0.715. The Balaban J connectivity index is 2.41. The first-order valence-electron chi connectivity index (χ1n) is 4.04. The van der Waals surface area contributed by atoms with Gasteiger partial charge in [0.15, 0.2) is 0 Å². The molecular weight excluding hydrogens is 164 g/mol. The molecule has 3 nitrogen and oxygen atoms in total. The average molecular weight is 174 g/mol. The van der Waals surface area contributed by atoms with Gasteiger partial charge in [-0.25, -0.2) is 0 Å². The highest BCUT2D eigenvalue weighted by atomic mass is 16.3. The third-order valence-electron chi connectivity index (χ3n) is 1.91. The van der Waals surface area contributed by atoms with Gasteiger partial charge >= 0.3 is 0 Å². The van der Waals surface area contributed by atoms with Crippen molar-refractivity contribution in [2.24, 2.45) is 7.05 Å². The second-order valence-corrected chi connectivity index (χ2v) is 2.95. The van der Waals surface area contributed by atoms with Crippen molar-refractivity contribution in [2.75, 3.05) is 0 Å². The zero-order valence-electron chi connectivity index (χ0n) is 7.31. The Kier molecular flexibility index (Phi) is 1.77.